The van der Waals surface area contributed by atoms with Crippen molar-refractivity contribution in [3.63, 3.8) is 0 Å². The summed E-state index contributed by atoms with van der Waals surface area (Å²) in [6.45, 7) is 4.53. The number of carbonyl (C=O) groups is 2. The zero-order valence-electron chi connectivity index (χ0n) is 6.32. The third kappa shape index (κ3) is 207. The number of ketones is 1. The van der Waals surface area contributed by atoms with E-state index in [2.05, 4.69) is 5.32 Å². The molecule has 0 rings (SSSR count). The number of Topliss-reactive ketones (excluding diaryl/α,β-unsaturated/α-hetero) is 1. The molecule has 0 heterocycles. The molecule has 0 spiro atoms. The molecular formula is C7H17NO2. The predicted octanol–water partition coefficient (Wildman–Crippen LogP) is 0.984. The maximum absolute atomic E-state index is 9.70. The van der Waals surface area contributed by atoms with Gasteiger partial charge in [0, 0.05) is 14.0 Å². The number of rotatable bonds is 0. The average molecular weight is 147 g/mol. The van der Waals surface area contributed by atoms with Gasteiger partial charge < -0.3 is 10.1 Å². The summed E-state index contributed by atoms with van der Waals surface area (Å²) in [7, 11) is 1.60. The molecule has 0 aromatic heterocycles. The van der Waals surface area contributed by atoms with Crippen LogP contribution in [0.3, 0.4) is 0 Å². The number of nitrogens with one attached hydrogen (secondary N) is 1. The van der Waals surface area contributed by atoms with Crippen molar-refractivity contribution in [1.82, 2.24) is 5.32 Å². The molecule has 0 bridgehead atoms. The van der Waals surface area contributed by atoms with E-state index >= 15 is 0 Å². The van der Waals surface area contributed by atoms with E-state index in [0.717, 1.165) is 0 Å². The van der Waals surface area contributed by atoms with Crippen LogP contribution in [0.5, 0.6) is 0 Å². The Kier molecular flexibility index (Phi) is 17.7. The van der Waals surface area contributed by atoms with Gasteiger partial charge in [0.25, 0.3) is 0 Å². The molecule has 1 N–H and O–H groups in total. The fraction of sp³-hybridized carbons (Fsp3) is 0.714. The van der Waals surface area contributed by atoms with E-state index < -0.39 is 0 Å². The first-order valence-corrected chi connectivity index (χ1v) is 2.66. The van der Waals surface area contributed by atoms with Crippen LogP contribution < -0.4 is 5.32 Å². The van der Waals surface area contributed by atoms with E-state index in [4.69, 9.17) is 0 Å². The number of hydrogen-bond acceptors (Lipinski definition) is 2. The SMILES string of the molecule is C.CC(C)=O.CNC(C)=O. The molecule has 3 heteroatoms. The van der Waals surface area contributed by atoms with Crippen LogP contribution in [0.15, 0.2) is 0 Å². The second-order valence-corrected chi connectivity index (χ2v) is 1.71. The highest BCUT2D eigenvalue weighted by Crippen LogP contribution is 1.50. The lowest BCUT2D eigenvalue weighted by molar-refractivity contribution is -0.118. The van der Waals surface area contributed by atoms with Crippen LogP contribution in [0, 0.1) is 0 Å². The van der Waals surface area contributed by atoms with Crippen LogP contribution in [0.1, 0.15) is 28.2 Å². The summed E-state index contributed by atoms with van der Waals surface area (Å²) in [6.07, 6.45) is 0. The van der Waals surface area contributed by atoms with E-state index in [1.54, 1.807) is 7.05 Å². The standard InChI is InChI=1S/C3H7NO.C3H6O.CH4/c1-3(5)4-2;1-3(2)4;/h1-2H3,(H,4,5);1-2H3;1H4. The smallest absolute Gasteiger partial charge is 0.216 e. The lowest BCUT2D eigenvalue weighted by atomic mass is 10.6. The van der Waals surface area contributed by atoms with Gasteiger partial charge in [-0.3, -0.25) is 4.79 Å². The second-order valence-electron chi connectivity index (χ2n) is 1.71. The summed E-state index contributed by atoms with van der Waals surface area (Å²) >= 11 is 0. The second kappa shape index (κ2) is 11.0. The van der Waals surface area contributed by atoms with Gasteiger partial charge in [0.1, 0.15) is 5.78 Å². The molecule has 0 atom stereocenters. The zero-order valence-corrected chi connectivity index (χ0v) is 6.32. The lowest BCUT2D eigenvalue weighted by Gasteiger charge is -1.80. The molecule has 0 saturated carbocycles. The van der Waals surface area contributed by atoms with Crippen LogP contribution in [0.4, 0.5) is 0 Å². The van der Waals surface area contributed by atoms with Gasteiger partial charge >= 0.3 is 0 Å². The van der Waals surface area contributed by atoms with Gasteiger partial charge in [-0.2, -0.15) is 0 Å². The largest absolute Gasteiger partial charge is 0.359 e. The predicted molar refractivity (Wildman–Crippen MR) is 42.8 cm³/mol. The van der Waals surface area contributed by atoms with Crippen molar-refractivity contribution < 1.29 is 9.59 Å². The normalized spacial score (nSPS) is 6.00. The topological polar surface area (TPSA) is 46.2 Å². The molecule has 0 saturated heterocycles. The Labute approximate surface area is 62.8 Å². The quantitative estimate of drug-likeness (QED) is 0.555. The Morgan fingerprint density at radius 3 is 1.20 bits per heavy atom. The maximum atomic E-state index is 9.70. The molecule has 1 amide bonds. The minimum atomic E-state index is 0. The molecule has 0 aromatic carbocycles. The Morgan fingerprint density at radius 2 is 1.20 bits per heavy atom. The molecule has 0 radical (unpaired) electrons. The molecule has 0 aliphatic carbocycles. The van der Waals surface area contributed by atoms with Gasteiger partial charge in [0.05, 0.1) is 0 Å². The number of amides is 1. The Balaban J connectivity index is -0.0000000910. The highest BCUT2D eigenvalue weighted by atomic mass is 16.1. The fourth-order valence-corrected chi connectivity index (χ4v) is 0. The summed E-state index contributed by atoms with van der Waals surface area (Å²) in [5.41, 5.74) is 0. The van der Waals surface area contributed by atoms with Gasteiger partial charge in [-0.05, 0) is 13.8 Å². The molecule has 10 heavy (non-hydrogen) atoms. The third-order valence-electron chi connectivity index (χ3n) is 0.352. The first-order chi connectivity index (χ1) is 4.00. The van der Waals surface area contributed by atoms with Crippen LogP contribution in [-0.2, 0) is 9.59 Å². The van der Waals surface area contributed by atoms with Crippen molar-refractivity contribution in [1.29, 1.82) is 0 Å². The van der Waals surface area contributed by atoms with Gasteiger partial charge in [-0.25, -0.2) is 0 Å². The Morgan fingerprint density at radius 1 is 1.10 bits per heavy atom. The molecular weight excluding hydrogens is 130 g/mol. The van der Waals surface area contributed by atoms with Crippen molar-refractivity contribution >= 4 is 11.7 Å². The maximum Gasteiger partial charge on any atom is 0.216 e. The van der Waals surface area contributed by atoms with Crippen LogP contribution in [-0.4, -0.2) is 18.7 Å². The number of hydrogen-bond donors (Lipinski definition) is 1. The fourth-order valence-electron chi connectivity index (χ4n) is 0. The minimum Gasteiger partial charge on any atom is -0.359 e. The highest BCUT2D eigenvalue weighted by molar-refractivity contribution is 5.72. The molecule has 0 unspecified atom stereocenters. The summed E-state index contributed by atoms with van der Waals surface area (Å²) in [5, 5.41) is 2.39. The average Bonchev–Trinajstić information content (AvgIpc) is 1.65. The molecule has 0 aromatic rings. The van der Waals surface area contributed by atoms with Crippen molar-refractivity contribution in [2.24, 2.45) is 0 Å². The minimum absolute atomic E-state index is 0. The van der Waals surface area contributed by atoms with Crippen molar-refractivity contribution in [2.75, 3.05) is 7.05 Å². The first-order valence-electron chi connectivity index (χ1n) is 2.66. The lowest BCUT2D eigenvalue weighted by Crippen LogP contribution is -2.11. The molecule has 3 nitrogen and oxygen atoms in total. The van der Waals surface area contributed by atoms with Crippen molar-refractivity contribution in [3.05, 3.63) is 0 Å². The highest BCUT2D eigenvalue weighted by Gasteiger charge is 1.72. The van der Waals surface area contributed by atoms with Crippen LogP contribution in [0.2, 0.25) is 0 Å². The van der Waals surface area contributed by atoms with Gasteiger partial charge in [-0.15, -0.1) is 0 Å². The van der Waals surface area contributed by atoms with Crippen LogP contribution >= 0.6 is 0 Å². The van der Waals surface area contributed by atoms with E-state index in [-0.39, 0.29) is 19.1 Å². The van der Waals surface area contributed by atoms with Crippen molar-refractivity contribution in [2.45, 2.75) is 28.2 Å². The monoisotopic (exact) mass is 147 g/mol. The molecule has 0 fully saturated rings. The summed E-state index contributed by atoms with van der Waals surface area (Å²) in [5.74, 6) is 0.171. The molecule has 0 aliphatic heterocycles. The summed E-state index contributed by atoms with van der Waals surface area (Å²) < 4.78 is 0. The zero-order chi connectivity index (χ0) is 7.86. The Hall–Kier alpha value is -0.860. The van der Waals surface area contributed by atoms with E-state index in [0.29, 0.717) is 0 Å². The van der Waals surface area contributed by atoms with Crippen molar-refractivity contribution in [3.8, 4) is 0 Å². The van der Waals surface area contributed by atoms with Gasteiger partial charge in [0.2, 0.25) is 5.91 Å². The van der Waals surface area contributed by atoms with Gasteiger partial charge in [0.15, 0.2) is 0 Å². The van der Waals surface area contributed by atoms with E-state index in [9.17, 15) is 9.59 Å². The third-order valence-corrected chi connectivity index (χ3v) is 0.352. The van der Waals surface area contributed by atoms with E-state index in [1.165, 1.54) is 20.8 Å². The number of carbonyl (C=O) groups excluding carboxylic acids is 2. The Bertz CT molecular complexity index is 95.8. The molecule has 62 valence electrons. The van der Waals surface area contributed by atoms with Crippen LogP contribution in [0.25, 0.3) is 0 Å². The van der Waals surface area contributed by atoms with E-state index in [1.807, 2.05) is 0 Å². The summed E-state index contributed by atoms with van der Waals surface area (Å²) in [4.78, 5) is 19.1. The first kappa shape index (κ1) is 16.1. The van der Waals surface area contributed by atoms with Gasteiger partial charge in [-0.1, -0.05) is 7.43 Å². The molecule has 0 aliphatic rings. The summed E-state index contributed by atoms with van der Waals surface area (Å²) in [6, 6.07) is 0.